The summed E-state index contributed by atoms with van der Waals surface area (Å²) in [5.41, 5.74) is 4.95. The highest BCUT2D eigenvalue weighted by Crippen LogP contribution is 2.24. The molecule has 0 rings (SSSR count). The van der Waals surface area contributed by atoms with Crippen LogP contribution in [0.15, 0.2) is 0 Å². The van der Waals surface area contributed by atoms with Crippen LogP contribution in [0, 0.1) is 23.7 Å². The van der Waals surface area contributed by atoms with E-state index in [1.807, 2.05) is 13.8 Å². The highest BCUT2D eigenvalue weighted by Gasteiger charge is 2.19. The van der Waals surface area contributed by atoms with Gasteiger partial charge in [0, 0.05) is 19.6 Å². The Morgan fingerprint density at radius 2 is 1.54 bits per heavy atom. The number of unbranched alkanes of at least 4 members (excludes halogenated alkanes) is 1. The van der Waals surface area contributed by atoms with E-state index in [0.717, 1.165) is 49.9 Å². The fourth-order valence-electron chi connectivity index (χ4n) is 3.69. The second-order valence-corrected chi connectivity index (χ2v) is 9.25. The Balaban J connectivity index is 4.13. The van der Waals surface area contributed by atoms with Crippen LogP contribution in [0.1, 0.15) is 80.1 Å². The summed E-state index contributed by atoms with van der Waals surface area (Å²) in [5.74, 6) is 2.96. The Morgan fingerprint density at radius 3 is 2.08 bits per heavy atom. The molecule has 0 saturated heterocycles. The number of hydrogen-bond donors (Lipinski definition) is 4. The summed E-state index contributed by atoms with van der Waals surface area (Å²) < 4.78 is 0. The second-order valence-electron chi connectivity index (χ2n) is 9.25. The molecule has 0 amide bonds. The topological polar surface area (TPSA) is 70.3 Å². The van der Waals surface area contributed by atoms with Crippen LogP contribution < -0.4 is 16.4 Å². The monoisotopic (exact) mass is 371 g/mol. The zero-order valence-corrected chi connectivity index (χ0v) is 18.6. The average Bonchev–Trinajstić information content (AvgIpc) is 2.54. The van der Waals surface area contributed by atoms with Crippen molar-refractivity contribution in [1.29, 1.82) is 0 Å². The third-order valence-corrected chi connectivity index (χ3v) is 5.58. The van der Waals surface area contributed by atoms with Crippen LogP contribution in [-0.2, 0) is 0 Å². The van der Waals surface area contributed by atoms with Crippen LogP contribution in [0.4, 0.5) is 0 Å². The van der Waals surface area contributed by atoms with Gasteiger partial charge in [0.2, 0.25) is 0 Å². The molecule has 0 fully saturated rings. The van der Waals surface area contributed by atoms with Gasteiger partial charge in [-0.1, -0.05) is 53.4 Å². The Morgan fingerprint density at radius 1 is 0.923 bits per heavy atom. The lowest BCUT2D eigenvalue weighted by atomic mass is 9.84. The first-order chi connectivity index (χ1) is 12.2. The zero-order chi connectivity index (χ0) is 20.0. The third kappa shape index (κ3) is 14.0. The fourth-order valence-corrected chi connectivity index (χ4v) is 3.69. The van der Waals surface area contributed by atoms with Crippen molar-refractivity contribution in [1.82, 2.24) is 10.6 Å². The minimum Gasteiger partial charge on any atom is -0.389 e. The minimum atomic E-state index is -0.621. The lowest BCUT2D eigenvalue weighted by molar-refractivity contribution is 0.0774. The molecule has 0 heterocycles. The smallest absolute Gasteiger partial charge is 0.0715 e. The lowest BCUT2D eigenvalue weighted by Gasteiger charge is -2.27. The summed E-state index contributed by atoms with van der Waals surface area (Å²) in [6.45, 7) is 17.5. The van der Waals surface area contributed by atoms with E-state index in [2.05, 4.69) is 38.3 Å². The molecule has 0 aromatic heterocycles. The van der Waals surface area contributed by atoms with E-state index in [0.29, 0.717) is 6.54 Å². The summed E-state index contributed by atoms with van der Waals surface area (Å²) in [7, 11) is 0. The van der Waals surface area contributed by atoms with Gasteiger partial charge in [0.05, 0.1) is 5.60 Å². The number of rotatable bonds is 17. The molecule has 26 heavy (non-hydrogen) atoms. The van der Waals surface area contributed by atoms with Crippen LogP contribution in [-0.4, -0.2) is 43.4 Å². The summed E-state index contributed by atoms with van der Waals surface area (Å²) >= 11 is 0. The molecular formula is C22H49N3O. The van der Waals surface area contributed by atoms with Crippen LogP contribution >= 0.6 is 0 Å². The Hall–Kier alpha value is -0.160. The molecule has 4 nitrogen and oxygen atoms in total. The molecule has 0 aliphatic rings. The van der Waals surface area contributed by atoms with E-state index in [1.54, 1.807) is 0 Å². The Kier molecular flexibility index (Phi) is 14.8. The summed E-state index contributed by atoms with van der Waals surface area (Å²) in [6.07, 6.45) is 7.80. The lowest BCUT2D eigenvalue weighted by Crippen LogP contribution is -2.38. The number of nitrogens with one attached hydrogen (secondary N) is 2. The van der Waals surface area contributed by atoms with Gasteiger partial charge < -0.3 is 21.5 Å². The van der Waals surface area contributed by atoms with Crippen molar-refractivity contribution < 1.29 is 5.11 Å². The van der Waals surface area contributed by atoms with Crippen molar-refractivity contribution in [2.45, 2.75) is 85.7 Å². The molecule has 0 spiro atoms. The summed E-state index contributed by atoms with van der Waals surface area (Å²) in [4.78, 5) is 0. The molecular weight excluding hydrogens is 322 g/mol. The van der Waals surface area contributed by atoms with Gasteiger partial charge in [0.1, 0.15) is 0 Å². The highest BCUT2D eigenvalue weighted by atomic mass is 16.3. The normalized spacial score (nSPS) is 16.0. The zero-order valence-electron chi connectivity index (χ0n) is 18.6. The van der Waals surface area contributed by atoms with Gasteiger partial charge in [-0.3, -0.25) is 0 Å². The van der Waals surface area contributed by atoms with Crippen LogP contribution in [0.25, 0.3) is 0 Å². The van der Waals surface area contributed by atoms with Gasteiger partial charge in [0.15, 0.2) is 0 Å². The molecule has 0 bridgehead atoms. The number of aliphatic hydroxyl groups is 1. The van der Waals surface area contributed by atoms with Crippen LogP contribution in [0.3, 0.4) is 0 Å². The molecule has 0 aliphatic heterocycles. The van der Waals surface area contributed by atoms with Gasteiger partial charge in [-0.2, -0.15) is 0 Å². The van der Waals surface area contributed by atoms with E-state index >= 15 is 0 Å². The van der Waals surface area contributed by atoms with Crippen molar-refractivity contribution in [2.75, 3.05) is 32.7 Å². The fraction of sp³-hybridized carbons (Fsp3) is 1.00. The molecule has 3 atom stereocenters. The molecule has 0 aliphatic carbocycles. The molecule has 1 unspecified atom stereocenters. The standard InChI is InChI=1S/C22H49N3O/c1-7-10-21(16-25-17-22(5,6)26)19(4)11-8-9-12-20(18(2)3)15-24-14-13-23/h18-21,24-26H,7-17,23H2,1-6H3/t19?,20-,21-/m0/s1. The maximum atomic E-state index is 9.87. The van der Waals surface area contributed by atoms with Crippen LogP contribution in [0.5, 0.6) is 0 Å². The first kappa shape index (κ1) is 25.8. The molecule has 0 aromatic rings. The molecule has 158 valence electrons. The van der Waals surface area contributed by atoms with Gasteiger partial charge in [0.25, 0.3) is 0 Å². The predicted molar refractivity (Wildman–Crippen MR) is 115 cm³/mol. The van der Waals surface area contributed by atoms with Crippen molar-refractivity contribution in [2.24, 2.45) is 29.4 Å². The summed E-state index contributed by atoms with van der Waals surface area (Å²) in [6, 6.07) is 0. The van der Waals surface area contributed by atoms with Crippen molar-refractivity contribution in [3.05, 3.63) is 0 Å². The van der Waals surface area contributed by atoms with E-state index in [9.17, 15) is 5.11 Å². The van der Waals surface area contributed by atoms with E-state index in [4.69, 9.17) is 5.73 Å². The second kappa shape index (κ2) is 14.8. The van der Waals surface area contributed by atoms with Gasteiger partial charge in [-0.05, 0) is 63.5 Å². The first-order valence-corrected chi connectivity index (χ1v) is 11.0. The van der Waals surface area contributed by atoms with E-state index < -0.39 is 5.60 Å². The third-order valence-electron chi connectivity index (χ3n) is 5.58. The quantitative estimate of drug-likeness (QED) is 0.294. The first-order valence-electron chi connectivity index (χ1n) is 11.0. The molecule has 0 saturated carbocycles. The average molecular weight is 372 g/mol. The highest BCUT2D eigenvalue weighted by molar-refractivity contribution is 4.74. The van der Waals surface area contributed by atoms with Gasteiger partial charge in [-0.25, -0.2) is 0 Å². The predicted octanol–water partition coefficient (Wildman–Crippen LogP) is 3.78. The number of nitrogens with two attached hydrogens (primary N) is 1. The van der Waals surface area contributed by atoms with Crippen molar-refractivity contribution >= 4 is 0 Å². The van der Waals surface area contributed by atoms with E-state index in [1.165, 1.54) is 38.5 Å². The molecule has 5 N–H and O–H groups in total. The van der Waals surface area contributed by atoms with Crippen molar-refractivity contribution in [3.8, 4) is 0 Å². The van der Waals surface area contributed by atoms with Gasteiger partial charge in [-0.15, -0.1) is 0 Å². The molecule has 4 heteroatoms. The minimum absolute atomic E-state index is 0.621. The Labute approximate surface area is 164 Å². The van der Waals surface area contributed by atoms with Crippen LogP contribution in [0.2, 0.25) is 0 Å². The van der Waals surface area contributed by atoms with Gasteiger partial charge >= 0.3 is 0 Å². The van der Waals surface area contributed by atoms with E-state index in [-0.39, 0.29) is 0 Å². The molecule has 0 aromatic carbocycles. The largest absolute Gasteiger partial charge is 0.389 e. The maximum absolute atomic E-state index is 9.87. The van der Waals surface area contributed by atoms with Crippen molar-refractivity contribution in [3.63, 3.8) is 0 Å². The molecule has 0 radical (unpaired) electrons. The number of hydrogen-bond acceptors (Lipinski definition) is 4. The SMILES string of the molecule is CCC[C@@H](CNCC(C)(C)O)C(C)CCCC[C@@H](CNCCN)C(C)C. The summed E-state index contributed by atoms with van der Waals surface area (Å²) in [5, 5.41) is 16.8. The Bertz CT molecular complexity index is 315. The maximum Gasteiger partial charge on any atom is 0.0715 e.